The number of nitrogens with one attached hydrogen (secondary N) is 1. The Morgan fingerprint density at radius 2 is 1.93 bits per heavy atom. The third-order valence-electron chi connectivity index (χ3n) is 6.84. The van der Waals surface area contributed by atoms with Crippen LogP contribution < -0.4 is 5.32 Å². The molecule has 1 amide bonds. The molecule has 1 aromatic rings. The summed E-state index contributed by atoms with van der Waals surface area (Å²) in [6.45, 7) is 3.65. The lowest BCUT2D eigenvalue weighted by molar-refractivity contribution is -0.133. The predicted octanol–water partition coefficient (Wildman–Crippen LogP) is 3.18. The van der Waals surface area contributed by atoms with Crippen molar-refractivity contribution in [1.29, 1.82) is 0 Å². The van der Waals surface area contributed by atoms with Crippen molar-refractivity contribution >= 4 is 11.7 Å². The molecule has 1 aliphatic carbocycles. The van der Waals surface area contributed by atoms with Crippen molar-refractivity contribution < 1.29 is 4.79 Å². The number of likely N-dealkylation sites (N-methyl/N-ethyl adjacent to an activating group) is 1. The third kappa shape index (κ3) is 4.32. The summed E-state index contributed by atoms with van der Waals surface area (Å²) < 4.78 is 0. The summed E-state index contributed by atoms with van der Waals surface area (Å²) in [6, 6.07) is 0. The molecule has 2 aliphatic heterocycles. The van der Waals surface area contributed by atoms with Crippen molar-refractivity contribution in [3.63, 3.8) is 0 Å². The van der Waals surface area contributed by atoms with E-state index in [4.69, 9.17) is 9.97 Å². The smallest absolute Gasteiger partial charge is 0.223 e. The van der Waals surface area contributed by atoms with Gasteiger partial charge in [0.1, 0.15) is 11.6 Å². The number of anilines is 1. The maximum Gasteiger partial charge on any atom is 0.223 e. The molecular formula is C22H35N5O. The van der Waals surface area contributed by atoms with E-state index in [1.807, 2.05) is 11.9 Å². The summed E-state index contributed by atoms with van der Waals surface area (Å²) in [5.74, 6) is 3.23. The predicted molar refractivity (Wildman–Crippen MR) is 111 cm³/mol. The highest BCUT2D eigenvalue weighted by Gasteiger charge is 2.29. The Morgan fingerprint density at radius 3 is 2.68 bits per heavy atom. The second-order valence-electron chi connectivity index (χ2n) is 8.98. The molecule has 28 heavy (non-hydrogen) atoms. The van der Waals surface area contributed by atoms with Crippen LogP contribution in [0.25, 0.3) is 0 Å². The van der Waals surface area contributed by atoms with Crippen LogP contribution in [0.15, 0.2) is 0 Å². The van der Waals surface area contributed by atoms with E-state index in [1.165, 1.54) is 45.1 Å². The maximum absolute atomic E-state index is 12.9. The van der Waals surface area contributed by atoms with Gasteiger partial charge in [0.25, 0.3) is 0 Å². The average molecular weight is 386 g/mol. The van der Waals surface area contributed by atoms with Crippen LogP contribution in [0.5, 0.6) is 0 Å². The van der Waals surface area contributed by atoms with Crippen molar-refractivity contribution in [1.82, 2.24) is 19.8 Å². The molecule has 154 valence electrons. The molecule has 1 N–H and O–H groups in total. The molecule has 1 atom stereocenters. The zero-order valence-electron chi connectivity index (χ0n) is 17.5. The maximum atomic E-state index is 12.9. The monoisotopic (exact) mass is 385 g/mol. The summed E-state index contributed by atoms with van der Waals surface area (Å²) >= 11 is 0. The highest BCUT2D eigenvalue weighted by atomic mass is 16.2. The molecule has 0 bridgehead atoms. The van der Waals surface area contributed by atoms with Gasteiger partial charge in [-0.15, -0.1) is 0 Å². The summed E-state index contributed by atoms with van der Waals surface area (Å²) in [6.07, 6.45) is 10.3. The number of hydrogen-bond donors (Lipinski definition) is 1. The van der Waals surface area contributed by atoms with Crippen molar-refractivity contribution in [2.75, 3.05) is 39.0 Å². The average Bonchev–Trinajstić information content (AvgIpc) is 2.73. The molecule has 0 spiro atoms. The Kier molecular flexibility index (Phi) is 6.14. The van der Waals surface area contributed by atoms with E-state index in [2.05, 4.69) is 17.3 Å². The van der Waals surface area contributed by atoms with Crippen LogP contribution in [-0.4, -0.2) is 59.4 Å². The molecular weight excluding hydrogens is 350 g/mol. The van der Waals surface area contributed by atoms with Gasteiger partial charge in [0.15, 0.2) is 0 Å². The number of likely N-dealkylation sites (tertiary alicyclic amines) is 1. The van der Waals surface area contributed by atoms with E-state index >= 15 is 0 Å². The summed E-state index contributed by atoms with van der Waals surface area (Å²) in [4.78, 5) is 27.2. The fraction of sp³-hybridized carbons (Fsp3) is 0.773. The van der Waals surface area contributed by atoms with E-state index in [0.29, 0.717) is 24.3 Å². The first kappa shape index (κ1) is 19.6. The zero-order valence-corrected chi connectivity index (χ0v) is 17.5. The van der Waals surface area contributed by atoms with Crippen molar-refractivity contribution in [3.8, 4) is 0 Å². The standard InChI is InChI=1S/C22H35N5O/c1-23-22-18-15-27(20(28)13-16-7-4-3-5-8-16)12-10-19(18)24-21(25-22)17-9-6-11-26(2)14-17/h16-17H,3-15H2,1-2H3,(H,23,24,25)/t17-/m0/s1. The van der Waals surface area contributed by atoms with Crippen LogP contribution >= 0.6 is 0 Å². The molecule has 2 fully saturated rings. The van der Waals surface area contributed by atoms with Gasteiger partial charge >= 0.3 is 0 Å². The molecule has 1 saturated carbocycles. The SMILES string of the molecule is CNc1nc([C@H]2CCCN(C)C2)nc2c1CN(C(=O)CC1CCCCC1)CC2. The van der Waals surface area contributed by atoms with Gasteiger partial charge in [0.2, 0.25) is 5.91 Å². The van der Waals surface area contributed by atoms with E-state index in [0.717, 1.165) is 55.3 Å². The van der Waals surface area contributed by atoms with Gasteiger partial charge in [0.05, 0.1) is 12.2 Å². The van der Waals surface area contributed by atoms with Crippen LogP contribution in [0.2, 0.25) is 0 Å². The quantitative estimate of drug-likeness (QED) is 0.862. The number of amides is 1. The molecule has 0 aromatic carbocycles. The first-order valence-electron chi connectivity index (χ1n) is 11.2. The van der Waals surface area contributed by atoms with Gasteiger partial charge < -0.3 is 15.1 Å². The minimum Gasteiger partial charge on any atom is -0.373 e. The number of nitrogens with zero attached hydrogens (tertiary/aromatic N) is 4. The van der Waals surface area contributed by atoms with Crippen molar-refractivity contribution in [2.45, 2.75) is 70.3 Å². The summed E-state index contributed by atoms with van der Waals surface area (Å²) in [5.41, 5.74) is 2.27. The van der Waals surface area contributed by atoms with Gasteiger partial charge in [-0.2, -0.15) is 0 Å². The molecule has 4 rings (SSSR count). The Balaban J connectivity index is 1.47. The molecule has 1 aromatic heterocycles. The minimum absolute atomic E-state index is 0.317. The highest BCUT2D eigenvalue weighted by molar-refractivity contribution is 5.77. The van der Waals surface area contributed by atoms with E-state index < -0.39 is 0 Å². The van der Waals surface area contributed by atoms with Crippen LogP contribution in [0.1, 0.15) is 74.4 Å². The minimum atomic E-state index is 0.317. The molecule has 0 radical (unpaired) electrons. The molecule has 3 aliphatic rings. The number of rotatable bonds is 4. The second kappa shape index (κ2) is 8.76. The van der Waals surface area contributed by atoms with Crippen molar-refractivity contribution in [2.24, 2.45) is 5.92 Å². The lowest BCUT2D eigenvalue weighted by Crippen LogP contribution is -2.38. The second-order valence-corrected chi connectivity index (χ2v) is 8.98. The fourth-order valence-electron chi connectivity index (χ4n) is 5.18. The Labute approximate surface area is 169 Å². The van der Waals surface area contributed by atoms with Gasteiger partial charge in [-0.3, -0.25) is 4.79 Å². The van der Waals surface area contributed by atoms with Crippen molar-refractivity contribution in [3.05, 3.63) is 17.1 Å². The largest absolute Gasteiger partial charge is 0.373 e. The number of fused-ring (bicyclic) bond motifs is 1. The van der Waals surface area contributed by atoms with Crippen LogP contribution in [0.3, 0.4) is 0 Å². The number of carbonyl (C=O) groups excluding carboxylic acids is 1. The van der Waals surface area contributed by atoms with Gasteiger partial charge in [0, 0.05) is 44.5 Å². The van der Waals surface area contributed by atoms with Gasteiger partial charge in [-0.05, 0) is 45.2 Å². The summed E-state index contributed by atoms with van der Waals surface area (Å²) in [7, 11) is 4.11. The van der Waals surface area contributed by atoms with Gasteiger partial charge in [-0.25, -0.2) is 9.97 Å². The number of carbonyl (C=O) groups is 1. The van der Waals surface area contributed by atoms with Gasteiger partial charge in [-0.1, -0.05) is 19.3 Å². The fourth-order valence-corrected chi connectivity index (χ4v) is 5.18. The first-order valence-corrected chi connectivity index (χ1v) is 11.2. The molecule has 6 heteroatoms. The third-order valence-corrected chi connectivity index (χ3v) is 6.84. The molecule has 0 unspecified atom stereocenters. The van der Waals surface area contributed by atoms with Crippen LogP contribution in [0.4, 0.5) is 5.82 Å². The van der Waals surface area contributed by atoms with Crippen LogP contribution in [0, 0.1) is 5.92 Å². The Bertz CT molecular complexity index is 683. The normalized spacial score (nSPS) is 24.1. The van der Waals surface area contributed by atoms with E-state index in [-0.39, 0.29) is 0 Å². The lowest BCUT2D eigenvalue weighted by atomic mass is 9.86. The van der Waals surface area contributed by atoms with E-state index in [9.17, 15) is 4.79 Å². The topological polar surface area (TPSA) is 61.4 Å². The number of hydrogen-bond acceptors (Lipinski definition) is 5. The highest BCUT2D eigenvalue weighted by Crippen LogP contribution is 2.31. The number of piperidine rings is 1. The molecule has 6 nitrogen and oxygen atoms in total. The van der Waals surface area contributed by atoms with E-state index in [1.54, 1.807) is 0 Å². The molecule has 3 heterocycles. The Hall–Kier alpha value is -1.69. The molecule has 1 saturated heterocycles. The first-order chi connectivity index (χ1) is 13.6. The zero-order chi connectivity index (χ0) is 19.5. The lowest BCUT2D eigenvalue weighted by Gasteiger charge is -2.33. The number of aromatic nitrogens is 2. The summed E-state index contributed by atoms with van der Waals surface area (Å²) in [5, 5.41) is 3.28. The Morgan fingerprint density at radius 1 is 1.11 bits per heavy atom. The van der Waals surface area contributed by atoms with Crippen LogP contribution in [-0.2, 0) is 17.8 Å².